The van der Waals surface area contributed by atoms with Gasteiger partial charge >= 0.3 is 6.18 Å². The third-order valence-electron chi connectivity index (χ3n) is 4.72. The Balaban J connectivity index is 1.62. The first-order valence-electron chi connectivity index (χ1n) is 8.87. The molecular formula is C19H22F3N3O. The Labute approximate surface area is 150 Å². The van der Waals surface area contributed by atoms with Gasteiger partial charge in [-0.25, -0.2) is 0 Å². The van der Waals surface area contributed by atoms with Gasteiger partial charge < -0.3 is 5.32 Å². The van der Waals surface area contributed by atoms with E-state index in [1.54, 1.807) is 0 Å². The average molecular weight is 365 g/mol. The molecule has 1 amide bonds. The lowest BCUT2D eigenvalue weighted by Crippen LogP contribution is -2.15. The average Bonchev–Trinajstić information content (AvgIpc) is 2.96. The molecule has 1 aliphatic rings. The number of alkyl halides is 3. The molecule has 7 heteroatoms. The van der Waals surface area contributed by atoms with Crippen molar-refractivity contribution in [3.63, 3.8) is 0 Å². The standard InChI is InChI=1S/C19H22F3N3O/c1-13-7-2-4-9-15(13)23-17(26)11-6-12-25-16-10-5-3-8-14(16)18(24-25)19(20,21)22/h2,4,7,9H,3,5-6,8,10-12H2,1H3,(H,23,26). The van der Waals surface area contributed by atoms with Crippen LogP contribution in [0.4, 0.5) is 18.9 Å². The molecule has 0 fully saturated rings. The van der Waals surface area contributed by atoms with Gasteiger partial charge in [-0.1, -0.05) is 18.2 Å². The number of halogens is 3. The van der Waals surface area contributed by atoms with Gasteiger partial charge in [-0.05, 0) is 50.7 Å². The Bertz CT molecular complexity index is 796. The van der Waals surface area contributed by atoms with Gasteiger partial charge in [0.2, 0.25) is 5.91 Å². The van der Waals surface area contributed by atoms with Crippen molar-refractivity contribution in [1.29, 1.82) is 0 Å². The number of carbonyl (C=O) groups is 1. The summed E-state index contributed by atoms with van der Waals surface area (Å²) in [7, 11) is 0. The molecule has 4 nitrogen and oxygen atoms in total. The van der Waals surface area contributed by atoms with Gasteiger partial charge in [-0.15, -0.1) is 0 Å². The van der Waals surface area contributed by atoms with Crippen LogP contribution in [0.5, 0.6) is 0 Å². The van der Waals surface area contributed by atoms with Gasteiger partial charge in [0.25, 0.3) is 0 Å². The largest absolute Gasteiger partial charge is 0.435 e. The molecule has 1 heterocycles. The number of aryl methyl sites for hydroxylation is 2. The van der Waals surface area contributed by atoms with Gasteiger partial charge in [0.15, 0.2) is 5.69 Å². The topological polar surface area (TPSA) is 46.9 Å². The number of hydrogen-bond acceptors (Lipinski definition) is 2. The lowest BCUT2D eigenvalue weighted by molar-refractivity contribution is -0.142. The van der Waals surface area contributed by atoms with E-state index in [0.29, 0.717) is 37.1 Å². The molecule has 0 saturated carbocycles. The molecule has 0 aliphatic heterocycles. The molecule has 1 aromatic carbocycles. The summed E-state index contributed by atoms with van der Waals surface area (Å²) in [5.41, 5.74) is 2.00. The number of anilines is 1. The van der Waals surface area contributed by atoms with Crippen molar-refractivity contribution in [2.75, 3.05) is 5.32 Å². The first-order valence-corrected chi connectivity index (χ1v) is 8.87. The molecule has 0 saturated heterocycles. The first kappa shape index (κ1) is 18.5. The van der Waals surface area contributed by atoms with E-state index in [-0.39, 0.29) is 12.3 Å². The molecule has 3 rings (SSSR count). The van der Waals surface area contributed by atoms with Crippen molar-refractivity contribution in [2.24, 2.45) is 0 Å². The zero-order chi connectivity index (χ0) is 18.7. The fourth-order valence-electron chi connectivity index (χ4n) is 3.40. The number of para-hydroxylation sites is 1. The quantitative estimate of drug-likeness (QED) is 0.848. The second kappa shape index (κ2) is 7.51. The molecule has 1 aromatic heterocycles. The van der Waals surface area contributed by atoms with Crippen molar-refractivity contribution in [1.82, 2.24) is 9.78 Å². The maximum Gasteiger partial charge on any atom is 0.435 e. The summed E-state index contributed by atoms with van der Waals surface area (Å²) in [4.78, 5) is 12.1. The normalized spacial score (nSPS) is 14.2. The van der Waals surface area contributed by atoms with E-state index in [1.807, 2.05) is 31.2 Å². The van der Waals surface area contributed by atoms with Crippen LogP contribution in [0.15, 0.2) is 24.3 Å². The highest BCUT2D eigenvalue weighted by molar-refractivity contribution is 5.91. The molecule has 0 spiro atoms. The van der Waals surface area contributed by atoms with Crippen LogP contribution in [-0.2, 0) is 30.4 Å². The first-order chi connectivity index (χ1) is 12.4. The lowest BCUT2D eigenvalue weighted by atomic mass is 9.95. The number of rotatable bonds is 5. The van der Waals surface area contributed by atoms with Gasteiger partial charge in [0, 0.05) is 29.9 Å². The second-order valence-electron chi connectivity index (χ2n) is 6.67. The predicted molar refractivity (Wildman–Crippen MR) is 92.9 cm³/mol. The number of carbonyl (C=O) groups excluding carboxylic acids is 1. The SMILES string of the molecule is Cc1ccccc1NC(=O)CCCn1nc(C(F)(F)F)c2c1CCCC2. The predicted octanol–water partition coefficient (Wildman–Crippen LogP) is 4.51. The van der Waals surface area contributed by atoms with Crippen LogP contribution in [-0.4, -0.2) is 15.7 Å². The van der Waals surface area contributed by atoms with E-state index in [9.17, 15) is 18.0 Å². The summed E-state index contributed by atoms with van der Waals surface area (Å²) in [5, 5.41) is 6.66. The molecule has 1 N–H and O–H groups in total. The van der Waals surface area contributed by atoms with Gasteiger partial charge in [0.05, 0.1) is 0 Å². The van der Waals surface area contributed by atoms with E-state index in [1.165, 1.54) is 4.68 Å². The Kier molecular flexibility index (Phi) is 5.34. The molecule has 0 radical (unpaired) electrons. The Morgan fingerprint density at radius 3 is 2.69 bits per heavy atom. The summed E-state index contributed by atoms with van der Waals surface area (Å²) in [5.74, 6) is -0.142. The highest BCUT2D eigenvalue weighted by Gasteiger charge is 2.39. The smallest absolute Gasteiger partial charge is 0.326 e. The number of nitrogens with one attached hydrogen (secondary N) is 1. The maximum atomic E-state index is 13.2. The third kappa shape index (κ3) is 4.08. The van der Waals surface area contributed by atoms with Crippen LogP contribution in [0.3, 0.4) is 0 Å². The van der Waals surface area contributed by atoms with Crippen molar-refractivity contribution in [3.8, 4) is 0 Å². The van der Waals surface area contributed by atoms with Gasteiger partial charge in [-0.3, -0.25) is 9.48 Å². The van der Waals surface area contributed by atoms with Crippen LogP contribution in [0.1, 0.15) is 48.2 Å². The molecular weight excluding hydrogens is 343 g/mol. The Morgan fingerprint density at radius 2 is 1.96 bits per heavy atom. The summed E-state index contributed by atoms with van der Waals surface area (Å²) in [6.45, 7) is 2.23. The minimum atomic E-state index is -4.42. The zero-order valence-electron chi connectivity index (χ0n) is 14.7. The molecule has 0 atom stereocenters. The van der Waals surface area contributed by atoms with Crippen molar-refractivity contribution in [3.05, 3.63) is 46.8 Å². The van der Waals surface area contributed by atoms with Crippen LogP contribution >= 0.6 is 0 Å². The number of amides is 1. The zero-order valence-corrected chi connectivity index (χ0v) is 14.7. The number of aromatic nitrogens is 2. The van der Waals surface area contributed by atoms with Crippen molar-refractivity contribution in [2.45, 2.75) is 58.2 Å². The Hall–Kier alpha value is -2.31. The van der Waals surface area contributed by atoms with Crippen molar-refractivity contribution >= 4 is 11.6 Å². The molecule has 2 aromatic rings. The molecule has 0 unspecified atom stereocenters. The Morgan fingerprint density at radius 1 is 1.23 bits per heavy atom. The molecule has 140 valence electrons. The fourth-order valence-corrected chi connectivity index (χ4v) is 3.40. The van der Waals surface area contributed by atoms with E-state index >= 15 is 0 Å². The van der Waals surface area contributed by atoms with Gasteiger partial charge in [0.1, 0.15) is 0 Å². The fraction of sp³-hybridized carbons (Fsp3) is 0.474. The monoisotopic (exact) mass is 365 g/mol. The lowest BCUT2D eigenvalue weighted by Gasteiger charge is -2.14. The number of fused-ring (bicyclic) bond motifs is 1. The second-order valence-corrected chi connectivity index (χ2v) is 6.67. The van der Waals surface area contributed by atoms with Crippen LogP contribution in [0.2, 0.25) is 0 Å². The summed E-state index contributed by atoms with van der Waals surface area (Å²) >= 11 is 0. The minimum absolute atomic E-state index is 0.142. The van der Waals surface area contributed by atoms with E-state index < -0.39 is 11.9 Å². The highest BCUT2D eigenvalue weighted by atomic mass is 19.4. The molecule has 0 bridgehead atoms. The summed E-state index contributed by atoms with van der Waals surface area (Å²) < 4.78 is 41.0. The number of benzene rings is 1. The van der Waals surface area contributed by atoms with Crippen LogP contribution in [0, 0.1) is 6.92 Å². The molecule has 1 aliphatic carbocycles. The van der Waals surface area contributed by atoms with Gasteiger partial charge in [-0.2, -0.15) is 18.3 Å². The van der Waals surface area contributed by atoms with Crippen molar-refractivity contribution < 1.29 is 18.0 Å². The summed E-state index contributed by atoms with van der Waals surface area (Å²) in [6, 6.07) is 7.47. The number of hydrogen-bond donors (Lipinski definition) is 1. The number of nitrogens with zero attached hydrogens (tertiary/aromatic N) is 2. The van der Waals surface area contributed by atoms with E-state index in [0.717, 1.165) is 24.1 Å². The van der Waals surface area contributed by atoms with E-state index in [4.69, 9.17) is 0 Å². The maximum absolute atomic E-state index is 13.2. The highest BCUT2D eigenvalue weighted by Crippen LogP contribution is 2.35. The summed E-state index contributed by atoms with van der Waals surface area (Å²) in [6.07, 6.45) is -1.04. The van der Waals surface area contributed by atoms with Crippen LogP contribution < -0.4 is 5.32 Å². The van der Waals surface area contributed by atoms with E-state index in [2.05, 4.69) is 10.4 Å². The minimum Gasteiger partial charge on any atom is -0.326 e. The third-order valence-corrected chi connectivity index (χ3v) is 4.72. The molecule has 26 heavy (non-hydrogen) atoms. The van der Waals surface area contributed by atoms with Crippen LogP contribution in [0.25, 0.3) is 0 Å².